The van der Waals surface area contributed by atoms with E-state index in [1.54, 1.807) is 0 Å². The molecule has 0 N–H and O–H groups in total. The molecule has 1 aromatic heterocycles. The van der Waals surface area contributed by atoms with Crippen LogP contribution >= 0.6 is 0 Å². The summed E-state index contributed by atoms with van der Waals surface area (Å²) < 4.78 is 6.08. The third kappa shape index (κ3) is 1.88. The highest BCUT2D eigenvalue weighted by Crippen LogP contribution is 2.36. The second-order valence-electron chi connectivity index (χ2n) is 6.29. The third-order valence-electron chi connectivity index (χ3n) is 4.80. The number of fused-ring (bicyclic) bond motifs is 4. The zero-order valence-corrected chi connectivity index (χ0v) is 13.4. The van der Waals surface area contributed by atoms with Crippen LogP contribution in [0, 0.1) is 6.92 Å². The molecule has 0 saturated heterocycles. The zero-order valence-electron chi connectivity index (χ0n) is 13.4. The van der Waals surface area contributed by atoms with Crippen LogP contribution in [-0.4, -0.2) is 0 Å². The van der Waals surface area contributed by atoms with E-state index in [4.69, 9.17) is 4.42 Å². The standard InChI is InChI=1S/C23H16O/c1-15-13-21-19-10-4-5-12-22(19)24-23(21)14-20(15)18-11-6-8-16-7-2-3-9-17(16)18/h2-14H,1H3. The first-order chi connectivity index (χ1) is 11.8. The van der Waals surface area contributed by atoms with Crippen LogP contribution in [-0.2, 0) is 0 Å². The summed E-state index contributed by atoms with van der Waals surface area (Å²) in [6.45, 7) is 2.18. The van der Waals surface area contributed by atoms with E-state index in [1.165, 1.54) is 38.2 Å². The lowest BCUT2D eigenvalue weighted by molar-refractivity contribution is 0.669. The molecule has 0 amide bonds. The molecule has 5 aromatic rings. The molecule has 24 heavy (non-hydrogen) atoms. The fourth-order valence-electron chi connectivity index (χ4n) is 3.63. The first-order valence-electron chi connectivity index (χ1n) is 8.21. The Hall–Kier alpha value is -3.06. The minimum Gasteiger partial charge on any atom is -0.456 e. The molecule has 0 aliphatic heterocycles. The highest BCUT2D eigenvalue weighted by atomic mass is 16.3. The van der Waals surface area contributed by atoms with Gasteiger partial charge in [-0.2, -0.15) is 0 Å². The molecule has 4 aromatic carbocycles. The van der Waals surface area contributed by atoms with Gasteiger partial charge in [0.05, 0.1) is 0 Å². The van der Waals surface area contributed by atoms with Gasteiger partial charge in [0.1, 0.15) is 11.2 Å². The highest BCUT2D eigenvalue weighted by molar-refractivity contribution is 6.07. The quantitative estimate of drug-likeness (QED) is 0.335. The van der Waals surface area contributed by atoms with Crippen molar-refractivity contribution in [3.8, 4) is 11.1 Å². The molecule has 1 nitrogen and oxygen atoms in total. The van der Waals surface area contributed by atoms with Crippen molar-refractivity contribution >= 4 is 32.7 Å². The summed E-state index contributed by atoms with van der Waals surface area (Å²) in [5, 5.41) is 4.91. The maximum atomic E-state index is 6.08. The van der Waals surface area contributed by atoms with Crippen LogP contribution in [0.5, 0.6) is 0 Å². The molecule has 0 fully saturated rings. The van der Waals surface area contributed by atoms with Gasteiger partial charge in [-0.15, -0.1) is 0 Å². The summed E-state index contributed by atoms with van der Waals surface area (Å²) in [5.41, 5.74) is 5.66. The molecular weight excluding hydrogens is 292 g/mol. The lowest BCUT2D eigenvalue weighted by Gasteiger charge is -2.10. The molecule has 0 bridgehead atoms. The van der Waals surface area contributed by atoms with Gasteiger partial charge < -0.3 is 4.42 Å². The van der Waals surface area contributed by atoms with Crippen molar-refractivity contribution in [1.82, 2.24) is 0 Å². The van der Waals surface area contributed by atoms with Gasteiger partial charge in [0.2, 0.25) is 0 Å². The smallest absolute Gasteiger partial charge is 0.136 e. The summed E-state index contributed by atoms with van der Waals surface area (Å²) >= 11 is 0. The van der Waals surface area contributed by atoms with Crippen LogP contribution in [0.15, 0.2) is 83.3 Å². The number of benzene rings is 4. The fraction of sp³-hybridized carbons (Fsp3) is 0.0435. The van der Waals surface area contributed by atoms with Crippen LogP contribution in [0.3, 0.4) is 0 Å². The Labute approximate surface area is 140 Å². The fourth-order valence-corrected chi connectivity index (χ4v) is 3.63. The van der Waals surface area contributed by atoms with Gasteiger partial charge in [-0.05, 0) is 52.6 Å². The van der Waals surface area contributed by atoms with Crippen molar-refractivity contribution in [2.45, 2.75) is 6.92 Å². The van der Waals surface area contributed by atoms with E-state index < -0.39 is 0 Å². The lowest BCUT2D eigenvalue weighted by atomic mass is 9.94. The van der Waals surface area contributed by atoms with Crippen LogP contribution < -0.4 is 0 Å². The number of hydrogen-bond acceptors (Lipinski definition) is 1. The van der Waals surface area contributed by atoms with E-state index in [2.05, 4.69) is 73.7 Å². The van der Waals surface area contributed by atoms with Crippen molar-refractivity contribution in [2.24, 2.45) is 0 Å². The molecule has 0 saturated carbocycles. The van der Waals surface area contributed by atoms with Crippen LogP contribution in [0.25, 0.3) is 43.8 Å². The van der Waals surface area contributed by atoms with E-state index in [1.807, 2.05) is 12.1 Å². The molecular formula is C23H16O. The zero-order chi connectivity index (χ0) is 16.1. The monoisotopic (exact) mass is 308 g/mol. The van der Waals surface area contributed by atoms with E-state index >= 15 is 0 Å². The second-order valence-corrected chi connectivity index (χ2v) is 6.29. The van der Waals surface area contributed by atoms with Gasteiger partial charge in [0.25, 0.3) is 0 Å². The molecule has 1 heterocycles. The van der Waals surface area contributed by atoms with E-state index in [-0.39, 0.29) is 0 Å². The second kappa shape index (κ2) is 4.97. The SMILES string of the molecule is Cc1cc2c(cc1-c1cccc3ccccc13)oc1ccccc12. The number of rotatable bonds is 1. The molecule has 0 unspecified atom stereocenters. The first-order valence-corrected chi connectivity index (χ1v) is 8.21. The first kappa shape index (κ1) is 13.4. The van der Waals surface area contributed by atoms with E-state index in [0.717, 1.165) is 11.2 Å². The van der Waals surface area contributed by atoms with Crippen LogP contribution in [0.2, 0.25) is 0 Å². The largest absolute Gasteiger partial charge is 0.456 e. The van der Waals surface area contributed by atoms with Gasteiger partial charge in [0.15, 0.2) is 0 Å². The summed E-state index contributed by atoms with van der Waals surface area (Å²) in [6.07, 6.45) is 0. The van der Waals surface area contributed by atoms with Gasteiger partial charge in [0, 0.05) is 10.8 Å². The third-order valence-corrected chi connectivity index (χ3v) is 4.80. The molecule has 0 aliphatic rings. The summed E-state index contributed by atoms with van der Waals surface area (Å²) in [5.74, 6) is 0. The Bertz CT molecular complexity index is 1210. The minimum absolute atomic E-state index is 0.946. The van der Waals surface area contributed by atoms with Crippen molar-refractivity contribution in [1.29, 1.82) is 0 Å². The maximum Gasteiger partial charge on any atom is 0.136 e. The van der Waals surface area contributed by atoms with Gasteiger partial charge in [-0.1, -0.05) is 60.7 Å². The molecule has 0 radical (unpaired) electrons. The minimum atomic E-state index is 0.946. The van der Waals surface area contributed by atoms with Crippen molar-refractivity contribution in [3.63, 3.8) is 0 Å². The highest BCUT2D eigenvalue weighted by Gasteiger charge is 2.12. The predicted octanol–water partition coefficient (Wildman–Crippen LogP) is 6.71. The van der Waals surface area contributed by atoms with Crippen LogP contribution in [0.4, 0.5) is 0 Å². The molecule has 1 heteroatoms. The maximum absolute atomic E-state index is 6.08. The average molecular weight is 308 g/mol. The number of hydrogen-bond donors (Lipinski definition) is 0. The van der Waals surface area contributed by atoms with Gasteiger partial charge in [-0.3, -0.25) is 0 Å². The van der Waals surface area contributed by atoms with Crippen molar-refractivity contribution in [2.75, 3.05) is 0 Å². The Morgan fingerprint density at radius 2 is 1.33 bits per heavy atom. The Morgan fingerprint density at radius 1 is 0.583 bits per heavy atom. The predicted molar refractivity (Wildman–Crippen MR) is 101 cm³/mol. The summed E-state index contributed by atoms with van der Waals surface area (Å²) in [4.78, 5) is 0. The normalized spacial score (nSPS) is 11.5. The van der Waals surface area contributed by atoms with Gasteiger partial charge >= 0.3 is 0 Å². The van der Waals surface area contributed by atoms with Crippen molar-refractivity contribution < 1.29 is 4.42 Å². The topological polar surface area (TPSA) is 13.1 Å². The molecule has 5 rings (SSSR count). The summed E-state index contributed by atoms with van der Waals surface area (Å²) in [7, 11) is 0. The Balaban J connectivity index is 1.86. The summed E-state index contributed by atoms with van der Waals surface area (Å²) in [6, 6.07) is 27.7. The van der Waals surface area contributed by atoms with E-state index in [0.29, 0.717) is 0 Å². The molecule has 0 spiro atoms. The molecule has 114 valence electrons. The molecule has 0 atom stereocenters. The number of aryl methyl sites for hydroxylation is 1. The Morgan fingerprint density at radius 3 is 2.25 bits per heavy atom. The van der Waals surface area contributed by atoms with Gasteiger partial charge in [-0.25, -0.2) is 0 Å². The van der Waals surface area contributed by atoms with Crippen LogP contribution in [0.1, 0.15) is 5.56 Å². The average Bonchev–Trinajstić information content (AvgIpc) is 2.98. The van der Waals surface area contributed by atoms with E-state index in [9.17, 15) is 0 Å². The van der Waals surface area contributed by atoms with Crippen molar-refractivity contribution in [3.05, 3.63) is 84.4 Å². The Kier molecular flexibility index (Phi) is 2.77. The molecule has 0 aliphatic carbocycles. The number of para-hydroxylation sites is 1. The number of furan rings is 1. The lowest BCUT2D eigenvalue weighted by Crippen LogP contribution is -1.85.